The summed E-state index contributed by atoms with van der Waals surface area (Å²) in [6.45, 7) is 9.04. The number of quaternary nitrogens is 2. The molecule has 0 saturated carbocycles. The van der Waals surface area contributed by atoms with Crippen LogP contribution in [0.1, 0.15) is 25.3 Å². The number of carbonyl (C=O) groups excluding carboxylic acids is 2. The number of carbonyl (C=O) groups is 2. The lowest BCUT2D eigenvalue weighted by atomic mass is 9.98. The Balaban J connectivity index is 1.26. The molecule has 2 saturated heterocycles. The number of benzene rings is 2. The zero-order valence-electron chi connectivity index (χ0n) is 18.6. The van der Waals surface area contributed by atoms with Gasteiger partial charge in [-0.05, 0) is 30.5 Å². The molecule has 2 aromatic carbocycles. The molecule has 2 N–H and O–H groups in total. The second kappa shape index (κ2) is 10.2. The minimum Gasteiger partial charge on any atom is -0.466 e. The molecule has 0 aromatic heterocycles. The second-order valence-electron chi connectivity index (χ2n) is 8.92. The molecule has 2 aliphatic heterocycles. The number of rotatable bonds is 6. The van der Waals surface area contributed by atoms with Crippen molar-refractivity contribution in [3.05, 3.63) is 48.0 Å². The van der Waals surface area contributed by atoms with Crippen molar-refractivity contribution in [2.45, 2.75) is 26.3 Å². The van der Waals surface area contributed by atoms with Gasteiger partial charge >= 0.3 is 5.97 Å². The third-order valence-corrected chi connectivity index (χ3v) is 6.78. The SMILES string of the molecule is CCOC(=O)[C@H]1CCC[NH+](CC(=O)N2CC[NH+](Cc3cccc4ccccc34)CC2)C1. The van der Waals surface area contributed by atoms with Crippen LogP contribution in [0.5, 0.6) is 0 Å². The van der Waals surface area contributed by atoms with Gasteiger partial charge in [0.1, 0.15) is 12.5 Å². The van der Waals surface area contributed by atoms with Crippen LogP contribution in [0, 0.1) is 5.92 Å². The first-order chi connectivity index (χ1) is 15.1. The van der Waals surface area contributed by atoms with Gasteiger partial charge in [-0.25, -0.2) is 0 Å². The first kappa shape index (κ1) is 21.8. The lowest BCUT2D eigenvalue weighted by molar-refractivity contribution is -0.918. The van der Waals surface area contributed by atoms with Crippen LogP contribution in [0.25, 0.3) is 10.8 Å². The average molecular weight is 426 g/mol. The molecule has 166 valence electrons. The molecule has 0 radical (unpaired) electrons. The molecule has 1 unspecified atom stereocenters. The Morgan fingerprint density at radius 3 is 2.61 bits per heavy atom. The zero-order valence-corrected chi connectivity index (χ0v) is 18.6. The van der Waals surface area contributed by atoms with Crippen molar-refractivity contribution in [3.8, 4) is 0 Å². The van der Waals surface area contributed by atoms with Gasteiger partial charge in [-0.2, -0.15) is 0 Å². The summed E-state index contributed by atoms with van der Waals surface area (Å²) >= 11 is 0. The summed E-state index contributed by atoms with van der Waals surface area (Å²) in [6.07, 6.45) is 1.86. The van der Waals surface area contributed by atoms with Gasteiger partial charge in [0.25, 0.3) is 5.91 Å². The van der Waals surface area contributed by atoms with Crippen molar-refractivity contribution < 1.29 is 24.1 Å². The van der Waals surface area contributed by atoms with Crippen molar-refractivity contribution in [1.29, 1.82) is 0 Å². The number of nitrogens with zero attached hydrogens (tertiary/aromatic N) is 1. The van der Waals surface area contributed by atoms with Gasteiger partial charge < -0.3 is 19.4 Å². The summed E-state index contributed by atoms with van der Waals surface area (Å²) in [5.74, 6) is 0.0695. The smallest absolute Gasteiger partial charge is 0.314 e. The first-order valence-electron chi connectivity index (χ1n) is 11.7. The van der Waals surface area contributed by atoms with Crippen LogP contribution in [0.15, 0.2) is 42.5 Å². The van der Waals surface area contributed by atoms with Crippen molar-refractivity contribution in [1.82, 2.24) is 4.90 Å². The number of piperazine rings is 1. The van der Waals surface area contributed by atoms with Crippen LogP contribution in [0.3, 0.4) is 0 Å². The van der Waals surface area contributed by atoms with E-state index in [0.29, 0.717) is 13.2 Å². The number of fused-ring (bicyclic) bond motifs is 1. The maximum Gasteiger partial charge on any atom is 0.314 e. The highest BCUT2D eigenvalue weighted by molar-refractivity contribution is 5.85. The Labute approximate surface area is 184 Å². The normalized spacial score (nSPS) is 22.4. The van der Waals surface area contributed by atoms with E-state index in [4.69, 9.17) is 4.74 Å². The average Bonchev–Trinajstić information content (AvgIpc) is 2.80. The highest BCUT2D eigenvalue weighted by Gasteiger charge is 2.33. The molecule has 1 amide bonds. The van der Waals surface area contributed by atoms with Crippen molar-refractivity contribution in [3.63, 3.8) is 0 Å². The summed E-state index contributed by atoms with van der Waals surface area (Å²) in [7, 11) is 0. The first-order valence-corrected chi connectivity index (χ1v) is 11.7. The van der Waals surface area contributed by atoms with Gasteiger partial charge in [0.2, 0.25) is 0 Å². The van der Waals surface area contributed by atoms with Gasteiger partial charge in [0, 0.05) is 5.56 Å². The fourth-order valence-corrected chi connectivity index (χ4v) is 5.06. The minimum atomic E-state index is -0.0993. The van der Waals surface area contributed by atoms with Crippen LogP contribution in [0.2, 0.25) is 0 Å². The Bertz CT molecular complexity index is 903. The van der Waals surface area contributed by atoms with Gasteiger partial charge in [-0.1, -0.05) is 42.5 Å². The second-order valence-corrected chi connectivity index (χ2v) is 8.92. The largest absolute Gasteiger partial charge is 0.466 e. The van der Waals surface area contributed by atoms with E-state index in [2.05, 4.69) is 42.5 Å². The molecule has 2 atom stereocenters. The summed E-state index contributed by atoms with van der Waals surface area (Å²) in [6, 6.07) is 15.1. The van der Waals surface area contributed by atoms with Crippen molar-refractivity contribution in [2.24, 2.45) is 5.92 Å². The fourth-order valence-electron chi connectivity index (χ4n) is 5.06. The number of nitrogens with one attached hydrogen (secondary N) is 2. The number of piperidine rings is 1. The van der Waals surface area contributed by atoms with E-state index in [1.807, 2.05) is 11.8 Å². The minimum absolute atomic E-state index is 0.0570. The summed E-state index contributed by atoms with van der Waals surface area (Å²) in [5.41, 5.74) is 1.38. The molecular weight excluding hydrogens is 390 g/mol. The number of ether oxygens (including phenoxy) is 1. The maximum atomic E-state index is 12.9. The van der Waals surface area contributed by atoms with E-state index in [1.165, 1.54) is 26.1 Å². The molecule has 31 heavy (non-hydrogen) atoms. The van der Waals surface area contributed by atoms with Crippen LogP contribution in [0.4, 0.5) is 0 Å². The maximum absolute atomic E-state index is 12.9. The molecule has 2 heterocycles. The van der Waals surface area contributed by atoms with Crippen LogP contribution >= 0.6 is 0 Å². The molecule has 2 aliphatic rings. The van der Waals surface area contributed by atoms with E-state index in [9.17, 15) is 9.59 Å². The molecule has 6 heteroatoms. The monoisotopic (exact) mass is 425 g/mol. The summed E-state index contributed by atoms with van der Waals surface area (Å²) in [5, 5.41) is 2.62. The van der Waals surface area contributed by atoms with E-state index in [-0.39, 0.29) is 17.8 Å². The molecule has 2 fully saturated rings. The molecule has 0 bridgehead atoms. The molecule has 0 aliphatic carbocycles. The molecular formula is C25H35N3O3+2. The van der Waals surface area contributed by atoms with Gasteiger partial charge in [0.05, 0.1) is 45.9 Å². The summed E-state index contributed by atoms with van der Waals surface area (Å²) < 4.78 is 5.19. The van der Waals surface area contributed by atoms with Gasteiger partial charge in [0.15, 0.2) is 6.54 Å². The van der Waals surface area contributed by atoms with Crippen LogP contribution < -0.4 is 9.80 Å². The predicted molar refractivity (Wildman–Crippen MR) is 120 cm³/mol. The fraction of sp³-hybridized carbons (Fsp3) is 0.520. The number of esters is 1. The molecule has 0 spiro atoms. The number of likely N-dealkylation sites (tertiary alicyclic amines) is 1. The number of hydrogen-bond donors (Lipinski definition) is 2. The Hall–Kier alpha value is -2.44. The third kappa shape index (κ3) is 5.43. The van der Waals surface area contributed by atoms with E-state index < -0.39 is 0 Å². The Morgan fingerprint density at radius 2 is 1.81 bits per heavy atom. The Morgan fingerprint density at radius 1 is 1.03 bits per heavy atom. The molecule has 2 aromatic rings. The lowest BCUT2D eigenvalue weighted by Gasteiger charge is -2.34. The number of amides is 1. The highest BCUT2D eigenvalue weighted by Crippen LogP contribution is 2.17. The van der Waals surface area contributed by atoms with E-state index >= 15 is 0 Å². The van der Waals surface area contributed by atoms with Crippen LogP contribution in [-0.2, 0) is 20.9 Å². The number of hydrogen-bond acceptors (Lipinski definition) is 3. The zero-order chi connectivity index (χ0) is 21.6. The quantitative estimate of drug-likeness (QED) is 0.637. The topological polar surface area (TPSA) is 55.5 Å². The molecule has 6 nitrogen and oxygen atoms in total. The summed E-state index contributed by atoms with van der Waals surface area (Å²) in [4.78, 5) is 29.7. The van der Waals surface area contributed by atoms with Crippen molar-refractivity contribution in [2.75, 3.05) is 52.4 Å². The lowest BCUT2D eigenvalue weighted by Crippen LogP contribution is -3.15. The molecule has 4 rings (SSSR count). The Kier molecular flexibility index (Phi) is 7.20. The van der Waals surface area contributed by atoms with Gasteiger partial charge in [-0.3, -0.25) is 9.59 Å². The van der Waals surface area contributed by atoms with Crippen molar-refractivity contribution >= 4 is 22.6 Å². The van der Waals surface area contributed by atoms with Gasteiger partial charge in [-0.15, -0.1) is 0 Å². The standard InChI is InChI=1S/C25H33N3O3/c1-2-31-25(30)22-10-6-12-27(18-22)19-24(29)28-15-13-26(14-16-28)17-21-9-5-8-20-7-3-4-11-23(20)21/h3-5,7-9,11,22H,2,6,10,12-19H2,1H3/p+2/t22-/m0/s1. The third-order valence-electron chi connectivity index (χ3n) is 6.78. The van der Waals surface area contributed by atoms with Crippen LogP contribution in [-0.4, -0.2) is 69.2 Å². The predicted octanol–water partition coefficient (Wildman–Crippen LogP) is -0.0751. The highest BCUT2D eigenvalue weighted by atomic mass is 16.5. The van der Waals surface area contributed by atoms with E-state index in [1.54, 1.807) is 0 Å². The van der Waals surface area contributed by atoms with E-state index in [0.717, 1.165) is 58.7 Å².